The van der Waals surface area contributed by atoms with E-state index in [0.29, 0.717) is 36.1 Å². The van der Waals surface area contributed by atoms with E-state index in [1.165, 1.54) is 17.0 Å². The Kier molecular flexibility index (Phi) is 6.76. The van der Waals surface area contributed by atoms with Crippen LogP contribution in [0.25, 0.3) is 0 Å². The molecule has 10 heteroatoms. The average Bonchev–Trinajstić information content (AvgIpc) is 2.88. The Morgan fingerprint density at radius 1 is 0.973 bits per heavy atom. The number of carbonyl (C=O) groups excluding carboxylic acids is 1. The number of fused-ring (bicyclic) bond motifs is 1. The van der Waals surface area contributed by atoms with E-state index in [9.17, 15) is 18.0 Å². The second-order valence-corrected chi connectivity index (χ2v) is 9.52. The van der Waals surface area contributed by atoms with Gasteiger partial charge in [0.1, 0.15) is 5.75 Å². The molecule has 3 aromatic rings. The predicted octanol–water partition coefficient (Wildman–Crippen LogP) is 4.55. The van der Waals surface area contributed by atoms with Crippen LogP contribution in [0.4, 0.5) is 19.1 Å². The second-order valence-electron chi connectivity index (χ2n) is 9.52. The lowest BCUT2D eigenvalue weighted by Crippen LogP contribution is -2.45. The molecule has 0 spiro atoms. The summed E-state index contributed by atoms with van der Waals surface area (Å²) in [6.07, 6.45) is -4.07. The molecule has 7 nitrogen and oxygen atoms in total. The second kappa shape index (κ2) is 10.0. The molecule has 1 amide bonds. The molecule has 0 saturated carbocycles. The van der Waals surface area contributed by atoms with Gasteiger partial charge in [0.25, 0.3) is 5.91 Å². The van der Waals surface area contributed by atoms with Crippen LogP contribution in [0.5, 0.6) is 11.6 Å². The van der Waals surface area contributed by atoms with Gasteiger partial charge in [-0.2, -0.15) is 18.2 Å². The summed E-state index contributed by atoms with van der Waals surface area (Å²) in [4.78, 5) is 28.7. The fourth-order valence-corrected chi connectivity index (χ4v) is 4.58. The zero-order valence-corrected chi connectivity index (χ0v) is 20.8. The smallest absolute Gasteiger partial charge is 0.416 e. The van der Waals surface area contributed by atoms with Crippen LogP contribution in [0.15, 0.2) is 48.5 Å². The van der Waals surface area contributed by atoms with Gasteiger partial charge in [-0.15, -0.1) is 0 Å². The summed E-state index contributed by atoms with van der Waals surface area (Å²) in [6, 6.07) is 12.1. The highest BCUT2D eigenvalue weighted by Gasteiger charge is 2.33. The number of ether oxygens (including phenoxy) is 1. The zero-order chi connectivity index (χ0) is 26.2. The zero-order valence-electron chi connectivity index (χ0n) is 20.8. The number of benzene rings is 2. The molecule has 1 aromatic heterocycles. The van der Waals surface area contributed by atoms with Crippen molar-refractivity contribution in [1.82, 2.24) is 19.8 Å². The van der Waals surface area contributed by atoms with Crippen LogP contribution >= 0.6 is 0 Å². The van der Waals surface area contributed by atoms with Crippen molar-refractivity contribution in [2.45, 2.75) is 26.1 Å². The highest BCUT2D eigenvalue weighted by Crippen LogP contribution is 2.33. The number of hydrogen-bond acceptors (Lipinski definition) is 6. The summed E-state index contributed by atoms with van der Waals surface area (Å²) in [5.41, 5.74) is 1.64. The number of piperazine rings is 1. The van der Waals surface area contributed by atoms with Crippen LogP contribution in [0.3, 0.4) is 0 Å². The molecule has 1 fully saturated rings. The quantitative estimate of drug-likeness (QED) is 0.513. The van der Waals surface area contributed by atoms with E-state index in [-0.39, 0.29) is 12.1 Å². The molecule has 1 saturated heterocycles. The molecular weight excluding hydrogens is 483 g/mol. The number of likely N-dealkylation sites (N-methyl/N-ethyl adjacent to an activating group) is 1. The van der Waals surface area contributed by atoms with Crippen molar-refractivity contribution in [1.29, 1.82) is 0 Å². The lowest BCUT2D eigenvalue weighted by molar-refractivity contribution is -0.137. The Balaban J connectivity index is 1.46. The summed E-state index contributed by atoms with van der Waals surface area (Å²) in [5, 5.41) is 0. The first-order valence-corrected chi connectivity index (χ1v) is 12.2. The lowest BCUT2D eigenvalue weighted by Gasteiger charge is -2.34. The molecule has 5 rings (SSSR count). The minimum atomic E-state index is -4.52. The van der Waals surface area contributed by atoms with Gasteiger partial charge in [0.05, 0.1) is 23.4 Å². The number of aryl methyl sites for hydroxylation is 1. The van der Waals surface area contributed by atoms with Gasteiger partial charge in [0.2, 0.25) is 11.8 Å². The predicted molar refractivity (Wildman–Crippen MR) is 133 cm³/mol. The molecule has 0 unspecified atom stereocenters. The van der Waals surface area contributed by atoms with Crippen LogP contribution in [-0.4, -0.2) is 65.4 Å². The van der Waals surface area contributed by atoms with Crippen molar-refractivity contribution in [3.8, 4) is 11.6 Å². The molecule has 3 heterocycles. The topological polar surface area (TPSA) is 61.8 Å². The third-order valence-corrected chi connectivity index (χ3v) is 6.72. The van der Waals surface area contributed by atoms with Crippen molar-refractivity contribution in [3.63, 3.8) is 0 Å². The lowest BCUT2D eigenvalue weighted by atomic mass is 10.0. The van der Waals surface area contributed by atoms with E-state index in [0.717, 1.165) is 49.6 Å². The minimum absolute atomic E-state index is 0.00518. The Labute approximate surface area is 213 Å². The average molecular weight is 512 g/mol. The molecule has 37 heavy (non-hydrogen) atoms. The number of amides is 1. The van der Waals surface area contributed by atoms with E-state index in [1.807, 2.05) is 31.2 Å². The summed E-state index contributed by atoms with van der Waals surface area (Å²) in [5.74, 6) is 1.10. The van der Waals surface area contributed by atoms with Gasteiger partial charge in [-0.3, -0.25) is 4.79 Å². The Morgan fingerprint density at radius 3 is 2.46 bits per heavy atom. The largest absolute Gasteiger partial charge is 0.438 e. The normalized spacial score (nSPS) is 16.5. The third-order valence-electron chi connectivity index (χ3n) is 6.72. The number of halogens is 3. The minimum Gasteiger partial charge on any atom is -0.438 e. The van der Waals surface area contributed by atoms with Crippen molar-refractivity contribution < 1.29 is 22.7 Å². The van der Waals surface area contributed by atoms with E-state index in [1.54, 1.807) is 0 Å². The van der Waals surface area contributed by atoms with Gasteiger partial charge in [-0.25, -0.2) is 4.98 Å². The van der Waals surface area contributed by atoms with Gasteiger partial charge in [0, 0.05) is 44.7 Å². The van der Waals surface area contributed by atoms with Crippen molar-refractivity contribution in [2.24, 2.45) is 0 Å². The molecule has 2 aliphatic heterocycles. The number of hydrogen-bond donors (Lipinski definition) is 0. The summed E-state index contributed by atoms with van der Waals surface area (Å²) < 4.78 is 45.9. The third kappa shape index (κ3) is 5.53. The van der Waals surface area contributed by atoms with E-state index in [4.69, 9.17) is 14.7 Å². The van der Waals surface area contributed by atoms with Crippen molar-refractivity contribution in [3.05, 3.63) is 76.5 Å². The van der Waals surface area contributed by atoms with Crippen molar-refractivity contribution >= 4 is 11.9 Å². The number of anilines is 1. The molecular formula is C27H28F3N5O2. The standard InChI is InChI=1S/C27H28F3N5O2/c1-18-5-3-8-21(15-18)37-24-22-17-35(25(36)19-6-4-7-20(16-19)27(28,29)30)10-9-23(22)31-26(32-24)34-13-11-33(2)12-14-34/h3-8,15-16H,9-14,17H2,1-2H3. The fourth-order valence-electron chi connectivity index (χ4n) is 4.58. The first-order valence-electron chi connectivity index (χ1n) is 12.2. The Morgan fingerprint density at radius 2 is 1.73 bits per heavy atom. The highest BCUT2D eigenvalue weighted by molar-refractivity contribution is 5.94. The number of aromatic nitrogens is 2. The molecule has 0 bridgehead atoms. The molecule has 0 aliphatic carbocycles. The molecule has 0 radical (unpaired) electrons. The van der Waals surface area contributed by atoms with Gasteiger partial charge in [0.15, 0.2) is 0 Å². The maximum atomic E-state index is 13.2. The van der Waals surface area contributed by atoms with Crippen molar-refractivity contribution in [2.75, 3.05) is 44.7 Å². The maximum absolute atomic E-state index is 13.2. The van der Waals surface area contributed by atoms with Gasteiger partial charge >= 0.3 is 6.18 Å². The highest BCUT2D eigenvalue weighted by atomic mass is 19.4. The molecule has 194 valence electrons. The van der Waals surface area contributed by atoms with Gasteiger partial charge in [-0.1, -0.05) is 18.2 Å². The summed E-state index contributed by atoms with van der Waals surface area (Å²) in [6.45, 7) is 5.83. The Bertz CT molecular complexity index is 1310. The van der Waals surface area contributed by atoms with Crippen LogP contribution < -0.4 is 9.64 Å². The number of nitrogens with zero attached hydrogens (tertiary/aromatic N) is 5. The Hall–Kier alpha value is -3.66. The number of rotatable bonds is 4. The summed E-state index contributed by atoms with van der Waals surface area (Å²) >= 11 is 0. The monoisotopic (exact) mass is 511 g/mol. The molecule has 2 aromatic carbocycles. The van der Waals surface area contributed by atoms with Crippen LogP contribution in [0.2, 0.25) is 0 Å². The summed E-state index contributed by atoms with van der Waals surface area (Å²) in [7, 11) is 2.08. The van der Waals surface area contributed by atoms with Crippen LogP contribution in [0, 0.1) is 6.92 Å². The maximum Gasteiger partial charge on any atom is 0.416 e. The molecule has 0 atom stereocenters. The number of alkyl halides is 3. The number of carbonyl (C=O) groups is 1. The SMILES string of the molecule is Cc1cccc(Oc2nc(N3CCN(C)CC3)nc3c2CN(C(=O)c2cccc(C(F)(F)F)c2)CC3)c1. The van der Waals surface area contributed by atoms with Crippen LogP contribution in [0.1, 0.15) is 32.7 Å². The molecule has 2 aliphatic rings. The van der Waals surface area contributed by atoms with E-state index < -0.39 is 17.6 Å². The fraction of sp³-hybridized carbons (Fsp3) is 0.370. The van der Waals surface area contributed by atoms with Crippen LogP contribution in [-0.2, 0) is 19.1 Å². The first-order chi connectivity index (χ1) is 17.7. The van der Waals surface area contributed by atoms with Gasteiger partial charge in [-0.05, 0) is 49.9 Å². The van der Waals surface area contributed by atoms with Gasteiger partial charge < -0.3 is 19.4 Å². The first kappa shape index (κ1) is 25.0. The van der Waals surface area contributed by atoms with E-state index in [2.05, 4.69) is 16.8 Å². The molecule has 0 N–H and O–H groups in total. The van der Waals surface area contributed by atoms with E-state index >= 15 is 0 Å².